The van der Waals surface area contributed by atoms with Gasteiger partial charge in [-0.05, 0) is 40.7 Å². The molecule has 3 rings (SSSR count). The molecule has 0 fully saturated rings. The number of aromatic nitrogens is 2. The van der Waals surface area contributed by atoms with Gasteiger partial charge in [-0.15, -0.1) is 0 Å². The number of nitrogens with one attached hydrogen (secondary N) is 3. The summed E-state index contributed by atoms with van der Waals surface area (Å²) in [6, 6.07) is 11.6. The third-order valence-corrected chi connectivity index (χ3v) is 6.54. The third-order valence-electron chi connectivity index (χ3n) is 5.11. The van der Waals surface area contributed by atoms with Gasteiger partial charge in [0, 0.05) is 6.04 Å². The fourth-order valence-electron chi connectivity index (χ4n) is 3.33. The molecule has 8 heteroatoms. The summed E-state index contributed by atoms with van der Waals surface area (Å²) in [5, 5.41) is 0.105. The van der Waals surface area contributed by atoms with E-state index in [4.69, 9.17) is 0 Å². The molecule has 30 heavy (non-hydrogen) atoms. The molecule has 0 unspecified atom stereocenters. The van der Waals surface area contributed by atoms with E-state index < -0.39 is 27.3 Å². The van der Waals surface area contributed by atoms with Crippen LogP contribution in [0.4, 0.5) is 0 Å². The Morgan fingerprint density at radius 1 is 0.933 bits per heavy atom. The van der Waals surface area contributed by atoms with Crippen LogP contribution in [-0.2, 0) is 15.4 Å². The van der Waals surface area contributed by atoms with Crippen molar-refractivity contribution < 1.29 is 8.42 Å². The van der Waals surface area contributed by atoms with E-state index in [1.807, 2.05) is 38.1 Å². The van der Waals surface area contributed by atoms with Gasteiger partial charge in [-0.25, -0.2) is 17.9 Å². The second kappa shape index (κ2) is 7.85. The van der Waals surface area contributed by atoms with Gasteiger partial charge < -0.3 is 4.98 Å². The SMILES string of the molecule is CC(C)[C@H](NS(=O)(=O)c1ccc2[nH]c(=O)[nH]c(=O)c2c1)c1ccc(C(C)(C)C)cc1. The summed E-state index contributed by atoms with van der Waals surface area (Å²) in [4.78, 5) is 28.0. The Hall–Kier alpha value is -2.71. The molecule has 0 aliphatic heterocycles. The van der Waals surface area contributed by atoms with Crippen LogP contribution < -0.4 is 16.0 Å². The first-order valence-electron chi connectivity index (χ1n) is 9.77. The van der Waals surface area contributed by atoms with E-state index in [2.05, 4.69) is 35.5 Å². The van der Waals surface area contributed by atoms with Gasteiger partial charge in [0.1, 0.15) is 0 Å². The van der Waals surface area contributed by atoms with Crippen LogP contribution in [0.5, 0.6) is 0 Å². The second-order valence-corrected chi connectivity index (χ2v) is 10.5. The molecule has 3 N–H and O–H groups in total. The van der Waals surface area contributed by atoms with Gasteiger partial charge in [-0.1, -0.05) is 58.9 Å². The van der Waals surface area contributed by atoms with Crippen LogP contribution in [0.3, 0.4) is 0 Å². The minimum absolute atomic E-state index is 0.000440. The van der Waals surface area contributed by atoms with Crippen molar-refractivity contribution in [1.82, 2.24) is 14.7 Å². The highest BCUT2D eigenvalue weighted by molar-refractivity contribution is 7.89. The summed E-state index contributed by atoms with van der Waals surface area (Å²) in [5.74, 6) is 0.000440. The van der Waals surface area contributed by atoms with E-state index in [-0.39, 0.29) is 27.1 Å². The van der Waals surface area contributed by atoms with Crippen LogP contribution in [0, 0.1) is 5.92 Å². The molecule has 0 spiro atoms. The fraction of sp³-hybridized carbons (Fsp3) is 0.364. The van der Waals surface area contributed by atoms with Crippen LogP contribution in [0.1, 0.15) is 51.8 Å². The van der Waals surface area contributed by atoms with Gasteiger partial charge in [0.25, 0.3) is 5.56 Å². The number of hydrogen-bond donors (Lipinski definition) is 3. The lowest BCUT2D eigenvalue weighted by Gasteiger charge is -2.25. The van der Waals surface area contributed by atoms with Crippen molar-refractivity contribution in [2.45, 2.75) is 51.0 Å². The number of aromatic amines is 2. The molecule has 0 amide bonds. The van der Waals surface area contributed by atoms with Crippen LogP contribution in [-0.4, -0.2) is 18.4 Å². The van der Waals surface area contributed by atoms with E-state index >= 15 is 0 Å². The van der Waals surface area contributed by atoms with Gasteiger partial charge in [0.15, 0.2) is 0 Å². The minimum atomic E-state index is -3.90. The molecule has 0 radical (unpaired) electrons. The summed E-state index contributed by atoms with van der Waals surface area (Å²) in [5.41, 5.74) is 1.04. The average Bonchev–Trinajstić information content (AvgIpc) is 2.65. The van der Waals surface area contributed by atoms with Crippen molar-refractivity contribution in [1.29, 1.82) is 0 Å². The molecule has 3 aromatic rings. The standard InChI is InChI=1S/C22H27N3O4S/c1-13(2)19(14-6-8-15(9-7-14)22(3,4)5)25-30(28,29)16-10-11-18-17(12-16)20(26)24-21(27)23-18/h6-13,19,25H,1-5H3,(H2,23,24,26,27)/t19-/m0/s1. The first-order valence-corrected chi connectivity index (χ1v) is 11.3. The summed E-state index contributed by atoms with van der Waals surface area (Å²) < 4.78 is 28.9. The summed E-state index contributed by atoms with van der Waals surface area (Å²) in [6.07, 6.45) is 0. The number of sulfonamides is 1. The van der Waals surface area contributed by atoms with E-state index in [0.29, 0.717) is 0 Å². The van der Waals surface area contributed by atoms with Gasteiger partial charge in [0.2, 0.25) is 10.0 Å². The van der Waals surface area contributed by atoms with E-state index in [9.17, 15) is 18.0 Å². The van der Waals surface area contributed by atoms with Crippen LogP contribution >= 0.6 is 0 Å². The molecule has 0 aliphatic carbocycles. The zero-order chi connectivity index (χ0) is 22.3. The molecule has 160 valence electrons. The molecular weight excluding hydrogens is 402 g/mol. The second-order valence-electron chi connectivity index (χ2n) is 8.83. The minimum Gasteiger partial charge on any atom is -0.307 e. The predicted octanol–water partition coefficient (Wildman–Crippen LogP) is 3.19. The zero-order valence-electron chi connectivity index (χ0n) is 17.7. The van der Waals surface area contributed by atoms with Gasteiger partial charge in [0.05, 0.1) is 15.8 Å². The van der Waals surface area contributed by atoms with Crippen LogP contribution in [0.15, 0.2) is 56.9 Å². The number of benzene rings is 2. The highest BCUT2D eigenvalue weighted by Crippen LogP contribution is 2.28. The molecule has 2 aromatic carbocycles. The quantitative estimate of drug-likeness (QED) is 0.578. The van der Waals surface area contributed by atoms with Crippen LogP contribution in [0.2, 0.25) is 0 Å². The topological polar surface area (TPSA) is 112 Å². The van der Waals surface area contributed by atoms with E-state index in [1.54, 1.807) is 0 Å². The number of H-pyrrole nitrogens is 2. The van der Waals surface area contributed by atoms with Crippen molar-refractivity contribution in [3.63, 3.8) is 0 Å². The normalized spacial score (nSPS) is 13.7. The van der Waals surface area contributed by atoms with Crippen molar-refractivity contribution >= 4 is 20.9 Å². The smallest absolute Gasteiger partial charge is 0.307 e. The maximum atomic E-state index is 13.1. The Bertz CT molecular complexity index is 1280. The summed E-state index contributed by atoms with van der Waals surface area (Å²) in [7, 11) is -3.90. The number of fused-ring (bicyclic) bond motifs is 1. The molecule has 0 aliphatic rings. The first kappa shape index (κ1) is 22.0. The monoisotopic (exact) mass is 429 g/mol. The molecule has 7 nitrogen and oxygen atoms in total. The van der Waals surface area contributed by atoms with Gasteiger partial charge >= 0.3 is 5.69 Å². The van der Waals surface area contributed by atoms with Crippen molar-refractivity contribution in [3.05, 3.63) is 74.4 Å². The predicted molar refractivity (Wildman–Crippen MR) is 118 cm³/mol. The van der Waals surface area contributed by atoms with Gasteiger partial charge in [-0.3, -0.25) is 9.78 Å². The molecule has 1 aromatic heterocycles. The van der Waals surface area contributed by atoms with Gasteiger partial charge in [-0.2, -0.15) is 0 Å². The van der Waals surface area contributed by atoms with Crippen molar-refractivity contribution in [2.75, 3.05) is 0 Å². The highest BCUT2D eigenvalue weighted by Gasteiger charge is 2.25. The maximum Gasteiger partial charge on any atom is 0.326 e. The molecule has 1 atom stereocenters. The lowest BCUT2D eigenvalue weighted by atomic mass is 9.85. The summed E-state index contributed by atoms with van der Waals surface area (Å²) >= 11 is 0. The van der Waals surface area contributed by atoms with E-state index in [0.717, 1.165) is 5.56 Å². The van der Waals surface area contributed by atoms with Crippen molar-refractivity contribution in [3.8, 4) is 0 Å². The molecule has 1 heterocycles. The Morgan fingerprint density at radius 2 is 1.57 bits per heavy atom. The molecule has 0 saturated heterocycles. The number of hydrogen-bond acceptors (Lipinski definition) is 4. The zero-order valence-corrected chi connectivity index (χ0v) is 18.6. The lowest BCUT2D eigenvalue weighted by molar-refractivity contribution is 0.462. The fourth-order valence-corrected chi connectivity index (χ4v) is 4.72. The maximum absolute atomic E-state index is 13.1. The first-order chi connectivity index (χ1) is 13.9. The molecule has 0 saturated carbocycles. The van der Waals surface area contributed by atoms with Crippen molar-refractivity contribution in [2.24, 2.45) is 5.92 Å². The van der Waals surface area contributed by atoms with E-state index in [1.165, 1.54) is 23.8 Å². The third kappa shape index (κ3) is 4.55. The Labute approximate surface area is 175 Å². The molecule has 0 bridgehead atoms. The highest BCUT2D eigenvalue weighted by atomic mass is 32.2. The average molecular weight is 430 g/mol. The summed E-state index contributed by atoms with van der Waals surface area (Å²) in [6.45, 7) is 10.3. The Kier molecular flexibility index (Phi) is 5.75. The Balaban J connectivity index is 1.98. The number of rotatable bonds is 5. The molecular formula is C22H27N3O4S. The lowest BCUT2D eigenvalue weighted by Crippen LogP contribution is -2.32. The van der Waals surface area contributed by atoms with Crippen LogP contribution in [0.25, 0.3) is 10.9 Å². The largest absolute Gasteiger partial charge is 0.326 e. The Morgan fingerprint density at radius 3 is 2.13 bits per heavy atom.